The van der Waals surface area contributed by atoms with Gasteiger partial charge < -0.3 is 5.11 Å². The van der Waals surface area contributed by atoms with E-state index in [4.69, 9.17) is 11.0 Å². The zero-order chi connectivity index (χ0) is 9.14. The molecule has 1 aromatic heterocycles. The Hall–Kier alpha value is -1.40. The molecule has 0 aliphatic heterocycles. The molecule has 1 heterocycles. The Morgan fingerprint density at radius 2 is 2.58 bits per heavy atom. The molecule has 0 bridgehead atoms. The number of aryl methyl sites for hydroxylation is 1. The van der Waals surface area contributed by atoms with E-state index in [1.165, 1.54) is 10.9 Å². The van der Waals surface area contributed by atoms with Crippen molar-refractivity contribution in [3.05, 3.63) is 17.5 Å². The predicted molar refractivity (Wildman–Crippen MR) is 39.1 cm³/mol. The van der Waals surface area contributed by atoms with Crippen LogP contribution >= 0.6 is 0 Å². The minimum absolute atomic E-state index is 0.0398. The van der Waals surface area contributed by atoms with E-state index in [1.54, 1.807) is 7.05 Å². The third-order valence-electron chi connectivity index (χ3n) is 1.51. The third kappa shape index (κ3) is 1.44. The van der Waals surface area contributed by atoms with Gasteiger partial charge in [0, 0.05) is 7.05 Å². The molecular formula is C6H9N3O3. The molecule has 0 saturated heterocycles. The van der Waals surface area contributed by atoms with Gasteiger partial charge in [0.1, 0.15) is 12.2 Å². The van der Waals surface area contributed by atoms with Crippen LogP contribution in [-0.2, 0) is 18.5 Å². The summed E-state index contributed by atoms with van der Waals surface area (Å²) >= 11 is 0. The van der Waals surface area contributed by atoms with Crippen LogP contribution < -0.4 is 5.90 Å². The van der Waals surface area contributed by atoms with Crippen LogP contribution in [0.15, 0.2) is 6.20 Å². The van der Waals surface area contributed by atoms with Crippen molar-refractivity contribution < 1.29 is 14.7 Å². The maximum Gasteiger partial charge on any atom is 0.339 e. The summed E-state index contributed by atoms with van der Waals surface area (Å²) < 4.78 is 1.41. The van der Waals surface area contributed by atoms with Crippen LogP contribution in [0.25, 0.3) is 0 Å². The summed E-state index contributed by atoms with van der Waals surface area (Å²) in [6.07, 6.45) is 1.26. The first-order valence-electron chi connectivity index (χ1n) is 3.22. The lowest BCUT2D eigenvalue weighted by Crippen LogP contribution is -2.09. The quantitative estimate of drug-likeness (QED) is 0.599. The number of carboxylic acid groups (broad SMARTS) is 1. The van der Waals surface area contributed by atoms with E-state index in [0.717, 1.165) is 0 Å². The molecule has 6 heteroatoms. The van der Waals surface area contributed by atoms with Crippen molar-refractivity contribution in [1.29, 1.82) is 0 Å². The molecular weight excluding hydrogens is 162 g/mol. The maximum atomic E-state index is 10.6. The van der Waals surface area contributed by atoms with Crippen molar-refractivity contribution in [2.45, 2.75) is 6.61 Å². The fourth-order valence-corrected chi connectivity index (χ4v) is 0.892. The Morgan fingerprint density at radius 1 is 1.92 bits per heavy atom. The molecule has 0 amide bonds. The Labute approximate surface area is 68.5 Å². The molecule has 0 atom stereocenters. The highest BCUT2D eigenvalue weighted by atomic mass is 16.6. The largest absolute Gasteiger partial charge is 0.478 e. The molecule has 0 aromatic carbocycles. The zero-order valence-electron chi connectivity index (χ0n) is 6.52. The normalized spacial score (nSPS) is 10.2. The van der Waals surface area contributed by atoms with Crippen LogP contribution in [0, 0.1) is 0 Å². The Kier molecular flexibility index (Phi) is 2.41. The Balaban J connectivity index is 3.03. The number of carbonyl (C=O) groups is 1. The van der Waals surface area contributed by atoms with Crippen LogP contribution in [0.4, 0.5) is 0 Å². The summed E-state index contributed by atoms with van der Waals surface area (Å²) in [4.78, 5) is 14.9. The summed E-state index contributed by atoms with van der Waals surface area (Å²) in [5, 5.41) is 12.4. The van der Waals surface area contributed by atoms with Crippen LogP contribution in [-0.4, -0.2) is 20.9 Å². The van der Waals surface area contributed by atoms with Gasteiger partial charge in [-0.3, -0.25) is 9.52 Å². The lowest BCUT2D eigenvalue weighted by molar-refractivity contribution is 0.0686. The molecule has 3 N–H and O–H groups in total. The van der Waals surface area contributed by atoms with Gasteiger partial charge in [0.05, 0.1) is 11.9 Å². The fraction of sp³-hybridized carbons (Fsp3) is 0.333. The molecule has 0 unspecified atom stereocenters. The summed E-state index contributed by atoms with van der Waals surface area (Å²) in [5.74, 6) is 3.79. The minimum atomic E-state index is -1.03. The zero-order valence-corrected chi connectivity index (χ0v) is 6.52. The van der Waals surface area contributed by atoms with Gasteiger partial charge in [0.25, 0.3) is 0 Å². The van der Waals surface area contributed by atoms with Crippen molar-refractivity contribution in [1.82, 2.24) is 9.78 Å². The van der Waals surface area contributed by atoms with Crippen molar-refractivity contribution in [2.24, 2.45) is 12.9 Å². The van der Waals surface area contributed by atoms with E-state index in [-0.39, 0.29) is 12.2 Å². The van der Waals surface area contributed by atoms with Crippen molar-refractivity contribution in [2.75, 3.05) is 0 Å². The van der Waals surface area contributed by atoms with Gasteiger partial charge in [-0.2, -0.15) is 5.10 Å². The van der Waals surface area contributed by atoms with E-state index in [9.17, 15) is 4.79 Å². The van der Waals surface area contributed by atoms with Crippen LogP contribution in [0.5, 0.6) is 0 Å². The molecule has 0 aliphatic rings. The highest BCUT2D eigenvalue weighted by molar-refractivity contribution is 5.88. The van der Waals surface area contributed by atoms with Gasteiger partial charge in [-0.25, -0.2) is 10.7 Å². The predicted octanol–water partition coefficient (Wildman–Crippen LogP) is -0.491. The SMILES string of the molecule is Cn1ncc(C(=O)O)c1CON. The molecule has 0 radical (unpaired) electrons. The van der Waals surface area contributed by atoms with Crippen molar-refractivity contribution in [3.63, 3.8) is 0 Å². The minimum Gasteiger partial charge on any atom is -0.478 e. The van der Waals surface area contributed by atoms with Crippen molar-refractivity contribution in [3.8, 4) is 0 Å². The summed E-state index contributed by atoms with van der Waals surface area (Å²) in [7, 11) is 1.63. The first kappa shape index (κ1) is 8.69. The van der Waals surface area contributed by atoms with Gasteiger partial charge in [0.2, 0.25) is 0 Å². The van der Waals surface area contributed by atoms with E-state index in [1.807, 2.05) is 0 Å². The standard InChI is InChI=1S/C6H9N3O3/c1-9-5(3-12-7)4(2-8-9)6(10)11/h2H,3,7H2,1H3,(H,10,11). The summed E-state index contributed by atoms with van der Waals surface area (Å²) in [6.45, 7) is 0.0398. The number of aromatic carboxylic acids is 1. The van der Waals surface area contributed by atoms with Gasteiger partial charge in [-0.15, -0.1) is 0 Å². The lowest BCUT2D eigenvalue weighted by Gasteiger charge is -2.00. The average Bonchev–Trinajstić information content (AvgIpc) is 2.34. The molecule has 0 spiro atoms. The molecule has 0 fully saturated rings. The molecule has 0 saturated carbocycles. The monoisotopic (exact) mass is 171 g/mol. The van der Waals surface area contributed by atoms with Crippen LogP contribution in [0.3, 0.4) is 0 Å². The second-order valence-electron chi connectivity index (χ2n) is 2.24. The number of nitrogens with zero attached hydrogens (tertiary/aromatic N) is 2. The fourth-order valence-electron chi connectivity index (χ4n) is 0.892. The first-order chi connectivity index (χ1) is 5.66. The average molecular weight is 171 g/mol. The Bertz CT molecular complexity index is 294. The number of hydrogen-bond acceptors (Lipinski definition) is 4. The van der Waals surface area contributed by atoms with Gasteiger partial charge in [0.15, 0.2) is 0 Å². The molecule has 0 aliphatic carbocycles. The number of carboxylic acids is 1. The first-order valence-corrected chi connectivity index (χ1v) is 3.22. The highest BCUT2D eigenvalue weighted by Gasteiger charge is 2.14. The Morgan fingerprint density at radius 3 is 3.08 bits per heavy atom. The summed E-state index contributed by atoms with van der Waals surface area (Å²) in [6, 6.07) is 0. The second-order valence-corrected chi connectivity index (χ2v) is 2.24. The van der Waals surface area contributed by atoms with Crippen LogP contribution in [0.1, 0.15) is 16.1 Å². The van der Waals surface area contributed by atoms with Crippen molar-refractivity contribution >= 4 is 5.97 Å². The number of rotatable bonds is 3. The number of nitrogens with two attached hydrogens (primary N) is 1. The smallest absolute Gasteiger partial charge is 0.339 e. The molecule has 12 heavy (non-hydrogen) atoms. The highest BCUT2D eigenvalue weighted by Crippen LogP contribution is 2.07. The van der Waals surface area contributed by atoms with E-state index in [2.05, 4.69) is 9.94 Å². The van der Waals surface area contributed by atoms with Gasteiger partial charge in [-0.1, -0.05) is 0 Å². The lowest BCUT2D eigenvalue weighted by atomic mass is 10.2. The molecule has 6 nitrogen and oxygen atoms in total. The molecule has 66 valence electrons. The van der Waals surface area contributed by atoms with Gasteiger partial charge in [-0.05, 0) is 0 Å². The van der Waals surface area contributed by atoms with E-state index >= 15 is 0 Å². The summed E-state index contributed by atoms with van der Waals surface area (Å²) in [5.41, 5.74) is 0.563. The topological polar surface area (TPSA) is 90.4 Å². The number of aromatic nitrogens is 2. The van der Waals surface area contributed by atoms with Gasteiger partial charge >= 0.3 is 5.97 Å². The van der Waals surface area contributed by atoms with E-state index in [0.29, 0.717) is 5.69 Å². The molecule has 1 aromatic rings. The molecule has 1 rings (SSSR count). The van der Waals surface area contributed by atoms with Crippen LogP contribution in [0.2, 0.25) is 0 Å². The van der Waals surface area contributed by atoms with E-state index < -0.39 is 5.97 Å². The number of hydrogen-bond donors (Lipinski definition) is 2. The second kappa shape index (κ2) is 3.33. The third-order valence-corrected chi connectivity index (χ3v) is 1.51. The maximum absolute atomic E-state index is 10.6.